The van der Waals surface area contributed by atoms with E-state index in [1.54, 1.807) is 0 Å². The summed E-state index contributed by atoms with van der Waals surface area (Å²) in [5.41, 5.74) is 4.78. The lowest BCUT2D eigenvalue weighted by Crippen LogP contribution is -2.26. The molecule has 1 atom stereocenters. The highest BCUT2D eigenvalue weighted by atomic mass is 79.9. The summed E-state index contributed by atoms with van der Waals surface area (Å²) in [6, 6.07) is 19.8. The van der Waals surface area contributed by atoms with Crippen LogP contribution in [0.1, 0.15) is 24.4 Å². The van der Waals surface area contributed by atoms with Crippen molar-refractivity contribution >= 4 is 53.8 Å². The summed E-state index contributed by atoms with van der Waals surface area (Å²) >= 11 is 7.31. The molecule has 0 spiro atoms. The normalized spacial score (nSPS) is 16.6. The number of nitrogens with zero attached hydrogens (tertiary/aromatic N) is 2. The number of hydrogen-bond acceptors (Lipinski definition) is 2. The van der Waals surface area contributed by atoms with Crippen LogP contribution in [0.2, 0.25) is 0 Å². The molecule has 0 radical (unpaired) electrons. The standard InChI is InChI=1S/C23H20Br2N2O/c24-17-6-7-19-20(12-17)27(21-13-18(25)14-26-22(19)21)23(15-4-2-1-3-5-15)16-8-10-28-11-9-16/h1-7,12-14,16,23H,8-11H2. The van der Waals surface area contributed by atoms with Gasteiger partial charge in [0.15, 0.2) is 0 Å². The fourth-order valence-corrected chi connectivity index (χ4v) is 5.14. The number of benzene rings is 2. The van der Waals surface area contributed by atoms with Gasteiger partial charge >= 0.3 is 0 Å². The number of halogens is 2. The van der Waals surface area contributed by atoms with E-state index >= 15 is 0 Å². The Hall–Kier alpha value is -1.69. The van der Waals surface area contributed by atoms with Gasteiger partial charge in [-0.1, -0.05) is 46.3 Å². The molecule has 5 rings (SSSR count). The summed E-state index contributed by atoms with van der Waals surface area (Å²) in [7, 11) is 0. The van der Waals surface area contributed by atoms with Gasteiger partial charge in [-0.05, 0) is 64.5 Å². The number of ether oxygens (including phenoxy) is 1. The van der Waals surface area contributed by atoms with Gasteiger partial charge in [0.2, 0.25) is 0 Å². The smallest absolute Gasteiger partial charge is 0.0960 e. The van der Waals surface area contributed by atoms with Crippen LogP contribution in [-0.4, -0.2) is 22.8 Å². The zero-order chi connectivity index (χ0) is 19.1. The van der Waals surface area contributed by atoms with Crippen LogP contribution in [0.15, 0.2) is 69.7 Å². The first-order valence-electron chi connectivity index (χ1n) is 9.60. The molecule has 0 amide bonds. The Bertz CT molecular complexity index is 1070. The highest BCUT2D eigenvalue weighted by Gasteiger charge is 2.30. The molecule has 0 N–H and O–H groups in total. The van der Waals surface area contributed by atoms with Gasteiger partial charge in [-0.15, -0.1) is 0 Å². The third kappa shape index (κ3) is 3.19. The van der Waals surface area contributed by atoms with E-state index < -0.39 is 0 Å². The quantitative estimate of drug-likeness (QED) is 0.312. The Balaban J connectivity index is 1.84. The molecule has 4 aromatic rings. The summed E-state index contributed by atoms with van der Waals surface area (Å²) in [6.45, 7) is 1.66. The van der Waals surface area contributed by atoms with Gasteiger partial charge < -0.3 is 9.30 Å². The molecule has 1 aliphatic rings. The molecule has 5 heteroatoms. The molecule has 1 unspecified atom stereocenters. The zero-order valence-electron chi connectivity index (χ0n) is 15.3. The van der Waals surface area contributed by atoms with E-state index in [0.717, 1.165) is 40.5 Å². The van der Waals surface area contributed by atoms with Crippen molar-refractivity contribution < 1.29 is 4.74 Å². The van der Waals surface area contributed by atoms with Crippen molar-refractivity contribution in [1.29, 1.82) is 0 Å². The number of pyridine rings is 1. The lowest BCUT2D eigenvalue weighted by Gasteiger charge is -2.33. The molecular weight excluding hydrogens is 480 g/mol. The fourth-order valence-electron chi connectivity index (χ4n) is 4.47. The fraction of sp³-hybridized carbons (Fsp3) is 0.261. The monoisotopic (exact) mass is 498 g/mol. The van der Waals surface area contributed by atoms with Crippen LogP contribution < -0.4 is 0 Å². The van der Waals surface area contributed by atoms with E-state index in [1.807, 2.05) is 6.20 Å². The molecule has 2 aromatic heterocycles. The van der Waals surface area contributed by atoms with Crippen LogP contribution in [-0.2, 0) is 4.74 Å². The van der Waals surface area contributed by atoms with Gasteiger partial charge in [0.25, 0.3) is 0 Å². The summed E-state index contributed by atoms with van der Waals surface area (Å²) < 4.78 is 10.3. The Morgan fingerprint density at radius 1 is 0.929 bits per heavy atom. The highest BCUT2D eigenvalue weighted by molar-refractivity contribution is 9.10. The molecule has 3 heterocycles. The maximum Gasteiger partial charge on any atom is 0.0960 e. The van der Waals surface area contributed by atoms with E-state index in [-0.39, 0.29) is 6.04 Å². The molecule has 0 bridgehead atoms. The van der Waals surface area contributed by atoms with E-state index in [9.17, 15) is 0 Å². The largest absolute Gasteiger partial charge is 0.381 e. The van der Waals surface area contributed by atoms with Crippen LogP contribution in [0.4, 0.5) is 0 Å². The third-order valence-corrected chi connectivity index (χ3v) is 6.63. The number of hydrogen-bond donors (Lipinski definition) is 0. The zero-order valence-corrected chi connectivity index (χ0v) is 18.5. The van der Waals surface area contributed by atoms with Crippen molar-refractivity contribution in [1.82, 2.24) is 9.55 Å². The van der Waals surface area contributed by atoms with Gasteiger partial charge in [0, 0.05) is 33.7 Å². The van der Waals surface area contributed by atoms with Crippen molar-refractivity contribution in [3.8, 4) is 0 Å². The molecule has 1 aliphatic heterocycles. The van der Waals surface area contributed by atoms with Crippen LogP contribution in [0.25, 0.3) is 21.9 Å². The second-order valence-electron chi connectivity index (χ2n) is 7.36. The lowest BCUT2D eigenvalue weighted by atomic mass is 9.86. The molecule has 0 saturated carbocycles. The van der Waals surface area contributed by atoms with E-state index in [4.69, 9.17) is 9.72 Å². The third-order valence-electron chi connectivity index (χ3n) is 5.70. The Labute approximate surface area is 181 Å². The summed E-state index contributed by atoms with van der Waals surface area (Å²) in [5.74, 6) is 0.521. The van der Waals surface area contributed by atoms with Crippen LogP contribution >= 0.6 is 31.9 Å². The summed E-state index contributed by atoms with van der Waals surface area (Å²) in [5, 5.41) is 1.19. The summed E-state index contributed by atoms with van der Waals surface area (Å²) in [6.07, 6.45) is 4.02. The van der Waals surface area contributed by atoms with Crippen molar-refractivity contribution in [3.63, 3.8) is 0 Å². The maximum atomic E-state index is 5.68. The van der Waals surface area contributed by atoms with E-state index in [2.05, 4.69) is 91.0 Å². The SMILES string of the molecule is Brc1ccc2c3ncc(Br)cc3n(C(c3ccccc3)C3CCOCC3)c2c1. The molecule has 3 nitrogen and oxygen atoms in total. The average Bonchev–Trinajstić information content (AvgIpc) is 3.02. The molecule has 28 heavy (non-hydrogen) atoms. The van der Waals surface area contributed by atoms with Crippen LogP contribution in [0.3, 0.4) is 0 Å². The van der Waals surface area contributed by atoms with Crippen molar-refractivity contribution in [2.45, 2.75) is 18.9 Å². The first kappa shape index (κ1) is 18.3. The predicted molar refractivity (Wildman–Crippen MR) is 121 cm³/mol. The van der Waals surface area contributed by atoms with Crippen molar-refractivity contribution in [3.05, 3.63) is 75.3 Å². The van der Waals surface area contributed by atoms with Gasteiger partial charge in [0.05, 0.1) is 22.6 Å². The molecule has 0 aliphatic carbocycles. The second kappa shape index (κ2) is 7.62. The average molecular weight is 500 g/mol. The number of rotatable bonds is 3. The predicted octanol–water partition coefficient (Wildman–Crippen LogP) is 6.73. The van der Waals surface area contributed by atoms with Crippen molar-refractivity contribution in [2.75, 3.05) is 13.2 Å². The van der Waals surface area contributed by atoms with Gasteiger partial charge in [-0.3, -0.25) is 4.98 Å². The Morgan fingerprint density at radius 2 is 1.68 bits per heavy atom. The van der Waals surface area contributed by atoms with Gasteiger partial charge in [-0.25, -0.2) is 0 Å². The second-order valence-corrected chi connectivity index (χ2v) is 9.19. The Morgan fingerprint density at radius 3 is 2.46 bits per heavy atom. The lowest BCUT2D eigenvalue weighted by molar-refractivity contribution is 0.0553. The molecule has 2 aromatic carbocycles. The summed E-state index contributed by atoms with van der Waals surface area (Å²) in [4.78, 5) is 4.77. The van der Waals surface area contributed by atoms with Gasteiger partial charge in [0.1, 0.15) is 0 Å². The van der Waals surface area contributed by atoms with Crippen molar-refractivity contribution in [2.24, 2.45) is 5.92 Å². The minimum Gasteiger partial charge on any atom is -0.381 e. The van der Waals surface area contributed by atoms with E-state index in [1.165, 1.54) is 22.0 Å². The van der Waals surface area contributed by atoms with Crippen LogP contribution in [0, 0.1) is 5.92 Å². The minimum absolute atomic E-state index is 0.246. The highest BCUT2D eigenvalue weighted by Crippen LogP contribution is 2.41. The molecular formula is C23H20Br2N2O. The molecule has 1 fully saturated rings. The minimum atomic E-state index is 0.246. The van der Waals surface area contributed by atoms with Crippen LogP contribution in [0.5, 0.6) is 0 Å². The molecule has 142 valence electrons. The number of fused-ring (bicyclic) bond motifs is 3. The maximum absolute atomic E-state index is 5.68. The van der Waals surface area contributed by atoms with Gasteiger partial charge in [-0.2, -0.15) is 0 Å². The molecule has 1 saturated heterocycles. The topological polar surface area (TPSA) is 27.1 Å². The Kier molecular flexibility index (Phi) is 4.99. The van der Waals surface area contributed by atoms with E-state index in [0.29, 0.717) is 5.92 Å². The first-order chi connectivity index (χ1) is 13.7. The number of aromatic nitrogens is 2. The first-order valence-corrected chi connectivity index (χ1v) is 11.2.